The van der Waals surface area contributed by atoms with Crippen LogP contribution in [0.1, 0.15) is 0 Å². The Labute approximate surface area is 144 Å². The van der Waals surface area contributed by atoms with Crippen molar-refractivity contribution in [3.63, 3.8) is 0 Å². The SMILES string of the molecule is C=C(OC)C1OC(=O)N2c3ccc(N4CCOCC4=O)cc3OC[C@@H]12. The number of cyclic esters (lactones) is 1. The summed E-state index contributed by atoms with van der Waals surface area (Å²) >= 11 is 0. The molecule has 2 amide bonds. The predicted molar refractivity (Wildman–Crippen MR) is 87.8 cm³/mol. The molecule has 0 aliphatic carbocycles. The number of amides is 2. The molecule has 1 aromatic carbocycles. The molecule has 3 aliphatic rings. The van der Waals surface area contributed by atoms with Crippen LogP contribution >= 0.6 is 0 Å². The van der Waals surface area contributed by atoms with E-state index in [1.807, 2.05) is 0 Å². The van der Waals surface area contributed by atoms with Gasteiger partial charge in [-0.25, -0.2) is 4.79 Å². The van der Waals surface area contributed by atoms with Crippen molar-refractivity contribution in [1.29, 1.82) is 0 Å². The van der Waals surface area contributed by atoms with Gasteiger partial charge in [0.05, 0.1) is 19.4 Å². The van der Waals surface area contributed by atoms with Crippen molar-refractivity contribution in [2.24, 2.45) is 0 Å². The number of hydrogen-bond acceptors (Lipinski definition) is 6. The Hall–Kier alpha value is -2.74. The maximum Gasteiger partial charge on any atom is 0.415 e. The van der Waals surface area contributed by atoms with Gasteiger partial charge in [-0.05, 0) is 12.1 Å². The number of fused-ring (bicyclic) bond motifs is 3. The fourth-order valence-electron chi connectivity index (χ4n) is 3.30. The molecule has 0 aromatic heterocycles. The van der Waals surface area contributed by atoms with Gasteiger partial charge in [0.2, 0.25) is 0 Å². The summed E-state index contributed by atoms with van der Waals surface area (Å²) in [7, 11) is 1.49. The average molecular weight is 346 g/mol. The Morgan fingerprint density at radius 2 is 2.20 bits per heavy atom. The molecular formula is C17H18N2O6. The summed E-state index contributed by atoms with van der Waals surface area (Å²) in [4.78, 5) is 27.5. The van der Waals surface area contributed by atoms with Crippen LogP contribution in [-0.2, 0) is 19.0 Å². The van der Waals surface area contributed by atoms with E-state index in [-0.39, 0.29) is 25.2 Å². The van der Waals surface area contributed by atoms with Crippen LogP contribution in [0.3, 0.4) is 0 Å². The number of benzene rings is 1. The van der Waals surface area contributed by atoms with E-state index >= 15 is 0 Å². The molecule has 4 rings (SSSR count). The highest BCUT2D eigenvalue weighted by atomic mass is 16.6. The summed E-state index contributed by atoms with van der Waals surface area (Å²) in [6.07, 6.45) is -1.04. The van der Waals surface area contributed by atoms with Crippen LogP contribution in [0.5, 0.6) is 5.75 Å². The second kappa shape index (κ2) is 5.96. The van der Waals surface area contributed by atoms with Crippen molar-refractivity contribution in [3.8, 4) is 5.75 Å². The van der Waals surface area contributed by atoms with Crippen molar-refractivity contribution in [3.05, 3.63) is 30.5 Å². The quantitative estimate of drug-likeness (QED) is 0.768. The van der Waals surface area contributed by atoms with Crippen LogP contribution in [0.15, 0.2) is 30.5 Å². The molecule has 132 valence electrons. The minimum absolute atomic E-state index is 0.0687. The summed E-state index contributed by atoms with van der Waals surface area (Å²) in [5, 5.41) is 0. The molecule has 3 heterocycles. The zero-order chi connectivity index (χ0) is 17.6. The second-order valence-corrected chi connectivity index (χ2v) is 5.97. The van der Waals surface area contributed by atoms with Crippen LogP contribution in [-0.4, -0.2) is 57.6 Å². The third kappa shape index (κ3) is 2.49. The molecule has 0 bridgehead atoms. The fraction of sp³-hybridized carbons (Fsp3) is 0.412. The predicted octanol–water partition coefficient (Wildman–Crippen LogP) is 1.30. The topological polar surface area (TPSA) is 77.5 Å². The van der Waals surface area contributed by atoms with Crippen LogP contribution in [0.25, 0.3) is 0 Å². The normalized spacial score (nSPS) is 25.0. The van der Waals surface area contributed by atoms with Gasteiger partial charge >= 0.3 is 6.09 Å². The Kier molecular flexibility index (Phi) is 3.76. The Balaban J connectivity index is 1.64. The molecule has 8 heteroatoms. The third-order valence-electron chi connectivity index (χ3n) is 4.60. The van der Waals surface area contributed by atoms with Gasteiger partial charge in [-0.2, -0.15) is 0 Å². The molecule has 2 saturated heterocycles. The molecule has 25 heavy (non-hydrogen) atoms. The second-order valence-electron chi connectivity index (χ2n) is 5.97. The largest absolute Gasteiger partial charge is 0.498 e. The van der Waals surface area contributed by atoms with Crippen LogP contribution in [0, 0.1) is 0 Å². The number of morpholine rings is 1. The molecule has 0 N–H and O–H groups in total. The first-order chi connectivity index (χ1) is 12.1. The van der Waals surface area contributed by atoms with Crippen LogP contribution in [0.4, 0.5) is 16.2 Å². The minimum Gasteiger partial charge on any atom is -0.498 e. The zero-order valence-electron chi connectivity index (χ0n) is 13.8. The highest BCUT2D eigenvalue weighted by Crippen LogP contribution is 2.42. The summed E-state index contributed by atoms with van der Waals surface area (Å²) in [5.74, 6) is 0.814. The number of anilines is 2. The van der Waals surface area contributed by atoms with Crippen molar-refractivity contribution in [1.82, 2.24) is 0 Å². The van der Waals surface area contributed by atoms with E-state index in [1.165, 1.54) is 7.11 Å². The van der Waals surface area contributed by atoms with Gasteiger partial charge in [0.1, 0.15) is 30.8 Å². The zero-order valence-corrected chi connectivity index (χ0v) is 13.8. The van der Waals surface area contributed by atoms with Crippen molar-refractivity contribution in [2.45, 2.75) is 12.1 Å². The summed E-state index contributed by atoms with van der Waals surface area (Å²) in [5.41, 5.74) is 1.33. The average Bonchev–Trinajstić information content (AvgIpc) is 2.98. The van der Waals surface area contributed by atoms with Gasteiger partial charge in [-0.3, -0.25) is 9.69 Å². The number of carbonyl (C=O) groups is 2. The molecule has 2 atom stereocenters. The van der Waals surface area contributed by atoms with E-state index < -0.39 is 12.2 Å². The standard InChI is InChI=1S/C17H18N2O6/c1-10(22-2)16-13-8-24-14-7-11(18-5-6-23-9-15(18)20)3-4-12(14)19(13)17(21)25-16/h3-4,7,13,16H,1,5-6,8-9H2,2H3/t13-,16?/m0/s1. The molecule has 2 fully saturated rings. The molecular weight excluding hydrogens is 328 g/mol. The van der Waals surface area contributed by atoms with E-state index in [2.05, 4.69) is 6.58 Å². The summed E-state index contributed by atoms with van der Waals surface area (Å²) in [6.45, 7) is 5.09. The number of ether oxygens (including phenoxy) is 4. The highest BCUT2D eigenvalue weighted by molar-refractivity contribution is 5.97. The summed E-state index contributed by atoms with van der Waals surface area (Å²) in [6, 6.07) is 4.99. The number of carbonyl (C=O) groups excluding carboxylic acids is 2. The van der Waals surface area contributed by atoms with Crippen LogP contribution in [0.2, 0.25) is 0 Å². The lowest BCUT2D eigenvalue weighted by molar-refractivity contribution is -0.125. The number of nitrogens with zero attached hydrogens (tertiary/aromatic N) is 2. The lowest BCUT2D eigenvalue weighted by Gasteiger charge is -2.33. The molecule has 1 aromatic rings. The molecule has 0 radical (unpaired) electrons. The molecule has 1 unspecified atom stereocenters. The third-order valence-corrected chi connectivity index (χ3v) is 4.60. The maximum absolute atomic E-state index is 12.3. The monoisotopic (exact) mass is 346 g/mol. The minimum atomic E-state index is -0.578. The van der Waals surface area contributed by atoms with E-state index in [9.17, 15) is 9.59 Å². The first-order valence-electron chi connectivity index (χ1n) is 7.97. The maximum atomic E-state index is 12.3. The van der Waals surface area contributed by atoms with Crippen molar-refractivity contribution >= 4 is 23.4 Å². The van der Waals surface area contributed by atoms with Gasteiger partial charge in [0, 0.05) is 18.3 Å². The van der Waals surface area contributed by atoms with Gasteiger partial charge in [-0.1, -0.05) is 6.58 Å². The Morgan fingerprint density at radius 1 is 1.36 bits per heavy atom. The van der Waals surface area contributed by atoms with Gasteiger partial charge < -0.3 is 23.8 Å². The van der Waals surface area contributed by atoms with Gasteiger partial charge in [0.25, 0.3) is 5.91 Å². The highest BCUT2D eigenvalue weighted by Gasteiger charge is 2.48. The van der Waals surface area contributed by atoms with Gasteiger partial charge in [0.15, 0.2) is 6.10 Å². The van der Waals surface area contributed by atoms with Crippen molar-refractivity contribution < 1.29 is 28.5 Å². The Morgan fingerprint density at radius 3 is 2.96 bits per heavy atom. The number of methoxy groups -OCH3 is 1. The van der Waals surface area contributed by atoms with E-state index in [0.29, 0.717) is 30.3 Å². The molecule has 3 aliphatic heterocycles. The number of rotatable bonds is 3. The Bertz CT molecular complexity index is 749. The molecule has 0 saturated carbocycles. The summed E-state index contributed by atoms with van der Waals surface area (Å²) < 4.78 is 21.5. The van der Waals surface area contributed by atoms with E-state index in [1.54, 1.807) is 28.0 Å². The lowest BCUT2D eigenvalue weighted by atomic mass is 10.1. The fourth-order valence-corrected chi connectivity index (χ4v) is 3.30. The first-order valence-corrected chi connectivity index (χ1v) is 7.97. The first kappa shape index (κ1) is 15.8. The van der Waals surface area contributed by atoms with Crippen LogP contribution < -0.4 is 14.5 Å². The van der Waals surface area contributed by atoms with E-state index in [0.717, 1.165) is 5.69 Å². The lowest BCUT2D eigenvalue weighted by Crippen LogP contribution is -2.45. The molecule has 8 nitrogen and oxygen atoms in total. The smallest absolute Gasteiger partial charge is 0.415 e. The number of hydrogen-bond donors (Lipinski definition) is 0. The van der Waals surface area contributed by atoms with E-state index in [4.69, 9.17) is 18.9 Å². The molecule has 0 spiro atoms. The van der Waals surface area contributed by atoms with Crippen molar-refractivity contribution in [2.75, 3.05) is 43.3 Å². The van der Waals surface area contributed by atoms with Gasteiger partial charge in [-0.15, -0.1) is 0 Å².